The van der Waals surface area contributed by atoms with Crippen LogP contribution in [-0.4, -0.2) is 68.1 Å². The first-order valence-electron chi connectivity index (χ1n) is 8.67. The molecule has 0 aromatic heterocycles. The molecule has 1 aromatic carbocycles. The van der Waals surface area contributed by atoms with Crippen molar-refractivity contribution in [2.45, 2.75) is 26.4 Å². The molecule has 1 heterocycles. The van der Waals surface area contributed by atoms with Crippen LogP contribution in [0, 0.1) is 0 Å². The Hall–Kier alpha value is -0.860. The number of piperazine rings is 1. The van der Waals surface area contributed by atoms with Crippen LogP contribution in [0.2, 0.25) is 0 Å². The van der Waals surface area contributed by atoms with E-state index in [0.29, 0.717) is 6.04 Å². The molecule has 2 rings (SSSR count). The Morgan fingerprint density at radius 1 is 1.12 bits per heavy atom. The van der Waals surface area contributed by atoms with Crippen molar-refractivity contribution >= 4 is 29.9 Å². The maximum Gasteiger partial charge on any atom is 0.191 e. The van der Waals surface area contributed by atoms with Gasteiger partial charge < -0.3 is 15.5 Å². The zero-order valence-corrected chi connectivity index (χ0v) is 17.5. The number of rotatable bonds is 6. The first-order valence-corrected chi connectivity index (χ1v) is 8.67. The summed E-state index contributed by atoms with van der Waals surface area (Å²) >= 11 is 0. The third-order valence-electron chi connectivity index (χ3n) is 4.57. The predicted octanol–water partition coefficient (Wildman–Crippen LogP) is 2.00. The van der Waals surface area contributed by atoms with Crippen molar-refractivity contribution < 1.29 is 0 Å². The molecule has 1 fully saturated rings. The van der Waals surface area contributed by atoms with Crippen LogP contribution in [0.3, 0.4) is 0 Å². The Labute approximate surface area is 163 Å². The molecule has 0 aliphatic carbocycles. The summed E-state index contributed by atoms with van der Waals surface area (Å²) in [5.41, 5.74) is 1.26. The molecule has 0 bridgehead atoms. The Kier molecular flexibility index (Phi) is 10.3. The lowest BCUT2D eigenvalue weighted by molar-refractivity contribution is 0.107. The quantitative estimate of drug-likeness (QED) is 0.400. The number of nitrogens with one attached hydrogen (secondary N) is 2. The van der Waals surface area contributed by atoms with Crippen LogP contribution in [0.15, 0.2) is 35.3 Å². The highest BCUT2D eigenvalue weighted by atomic mass is 127. The highest BCUT2D eigenvalue weighted by molar-refractivity contribution is 14.0. The van der Waals surface area contributed by atoms with Gasteiger partial charge in [0.05, 0.1) is 0 Å². The first kappa shape index (κ1) is 21.2. The van der Waals surface area contributed by atoms with E-state index in [1.54, 1.807) is 0 Å². The number of halogens is 1. The normalized spacial score (nSPS) is 17.9. The SMILES string of the molecule is CCN1CCN(C(C)CNC(=NC)NCc2ccccc2)CC1.I. The van der Waals surface area contributed by atoms with Gasteiger partial charge in [-0.2, -0.15) is 0 Å². The summed E-state index contributed by atoms with van der Waals surface area (Å²) < 4.78 is 0. The largest absolute Gasteiger partial charge is 0.355 e. The van der Waals surface area contributed by atoms with E-state index in [1.807, 2.05) is 13.1 Å². The molecule has 1 aliphatic heterocycles. The fourth-order valence-corrected chi connectivity index (χ4v) is 2.90. The van der Waals surface area contributed by atoms with Crippen molar-refractivity contribution in [3.63, 3.8) is 0 Å². The molecule has 1 aromatic rings. The molecule has 136 valence electrons. The van der Waals surface area contributed by atoms with Crippen molar-refractivity contribution in [3.05, 3.63) is 35.9 Å². The Bertz CT molecular complexity index is 472. The lowest BCUT2D eigenvalue weighted by atomic mass is 10.2. The van der Waals surface area contributed by atoms with E-state index in [0.717, 1.165) is 38.7 Å². The van der Waals surface area contributed by atoms with E-state index in [1.165, 1.54) is 18.7 Å². The summed E-state index contributed by atoms with van der Waals surface area (Å²) in [5.74, 6) is 0.868. The molecule has 24 heavy (non-hydrogen) atoms. The van der Waals surface area contributed by atoms with E-state index in [9.17, 15) is 0 Å². The second-order valence-corrected chi connectivity index (χ2v) is 6.11. The first-order chi connectivity index (χ1) is 11.2. The van der Waals surface area contributed by atoms with Crippen molar-refractivity contribution in [2.75, 3.05) is 46.3 Å². The third-order valence-corrected chi connectivity index (χ3v) is 4.57. The highest BCUT2D eigenvalue weighted by Crippen LogP contribution is 2.05. The molecular weight excluding hydrogens is 413 g/mol. The number of hydrogen-bond acceptors (Lipinski definition) is 3. The summed E-state index contributed by atoms with van der Waals surface area (Å²) in [6.07, 6.45) is 0. The van der Waals surface area contributed by atoms with Crippen LogP contribution in [0.5, 0.6) is 0 Å². The molecule has 0 amide bonds. The number of benzene rings is 1. The molecule has 0 spiro atoms. The van der Waals surface area contributed by atoms with Crippen molar-refractivity contribution in [1.82, 2.24) is 20.4 Å². The summed E-state index contributed by atoms with van der Waals surface area (Å²) in [7, 11) is 1.82. The molecule has 2 N–H and O–H groups in total. The second-order valence-electron chi connectivity index (χ2n) is 6.11. The molecular formula is C18H32IN5. The standard InChI is InChI=1S/C18H31N5.HI/c1-4-22-10-12-23(13-11-22)16(2)14-20-18(19-3)21-15-17-8-6-5-7-9-17;/h5-9,16H,4,10-15H2,1-3H3,(H2,19,20,21);1H. The third kappa shape index (κ3) is 6.94. The lowest BCUT2D eigenvalue weighted by Crippen LogP contribution is -2.53. The summed E-state index contributed by atoms with van der Waals surface area (Å²) in [4.78, 5) is 9.38. The predicted molar refractivity (Wildman–Crippen MR) is 113 cm³/mol. The maximum absolute atomic E-state index is 4.31. The monoisotopic (exact) mass is 445 g/mol. The van der Waals surface area contributed by atoms with E-state index >= 15 is 0 Å². The van der Waals surface area contributed by atoms with E-state index in [4.69, 9.17) is 0 Å². The van der Waals surface area contributed by atoms with Crippen LogP contribution >= 0.6 is 24.0 Å². The molecule has 0 saturated carbocycles. The number of aliphatic imine (C=N–C) groups is 1. The molecule has 1 aliphatic rings. The van der Waals surface area contributed by atoms with Gasteiger partial charge in [0, 0.05) is 52.4 Å². The fourth-order valence-electron chi connectivity index (χ4n) is 2.90. The van der Waals surface area contributed by atoms with Gasteiger partial charge in [-0.05, 0) is 19.0 Å². The smallest absolute Gasteiger partial charge is 0.191 e. The number of guanidine groups is 1. The molecule has 1 unspecified atom stereocenters. The van der Waals surface area contributed by atoms with Gasteiger partial charge in [0.15, 0.2) is 5.96 Å². The Morgan fingerprint density at radius 2 is 1.79 bits per heavy atom. The molecule has 1 atom stereocenters. The fraction of sp³-hybridized carbons (Fsp3) is 0.611. The van der Waals surface area contributed by atoms with Gasteiger partial charge in [0.1, 0.15) is 0 Å². The zero-order chi connectivity index (χ0) is 16.5. The van der Waals surface area contributed by atoms with Gasteiger partial charge in [-0.3, -0.25) is 9.89 Å². The summed E-state index contributed by atoms with van der Waals surface area (Å²) in [6.45, 7) is 12.1. The van der Waals surface area contributed by atoms with Crippen LogP contribution in [0.4, 0.5) is 0 Å². The van der Waals surface area contributed by atoms with Gasteiger partial charge in [-0.15, -0.1) is 24.0 Å². The number of likely N-dealkylation sites (N-methyl/N-ethyl adjacent to an activating group) is 1. The minimum Gasteiger partial charge on any atom is -0.355 e. The average Bonchev–Trinajstić information content (AvgIpc) is 2.62. The summed E-state index contributed by atoms with van der Waals surface area (Å²) in [6, 6.07) is 10.9. The Balaban J connectivity index is 0.00000288. The van der Waals surface area contributed by atoms with Crippen LogP contribution in [0.25, 0.3) is 0 Å². The second kappa shape index (κ2) is 11.7. The Morgan fingerprint density at radius 3 is 2.38 bits per heavy atom. The van der Waals surface area contributed by atoms with Gasteiger partial charge in [0.2, 0.25) is 0 Å². The number of nitrogens with zero attached hydrogens (tertiary/aromatic N) is 3. The van der Waals surface area contributed by atoms with Gasteiger partial charge in [-0.1, -0.05) is 37.3 Å². The van der Waals surface area contributed by atoms with Crippen LogP contribution < -0.4 is 10.6 Å². The van der Waals surface area contributed by atoms with Gasteiger partial charge >= 0.3 is 0 Å². The van der Waals surface area contributed by atoms with Crippen molar-refractivity contribution in [3.8, 4) is 0 Å². The maximum atomic E-state index is 4.31. The molecule has 5 nitrogen and oxygen atoms in total. The average molecular weight is 445 g/mol. The topological polar surface area (TPSA) is 42.9 Å². The zero-order valence-electron chi connectivity index (χ0n) is 15.2. The van der Waals surface area contributed by atoms with Gasteiger partial charge in [0.25, 0.3) is 0 Å². The molecule has 1 saturated heterocycles. The van der Waals surface area contributed by atoms with E-state index < -0.39 is 0 Å². The van der Waals surface area contributed by atoms with E-state index in [2.05, 4.69) is 63.5 Å². The summed E-state index contributed by atoms with van der Waals surface area (Å²) in [5, 5.41) is 6.82. The van der Waals surface area contributed by atoms with Gasteiger partial charge in [-0.25, -0.2) is 0 Å². The highest BCUT2D eigenvalue weighted by Gasteiger charge is 2.20. The van der Waals surface area contributed by atoms with E-state index in [-0.39, 0.29) is 24.0 Å². The lowest BCUT2D eigenvalue weighted by Gasteiger charge is -2.37. The van der Waals surface area contributed by atoms with Crippen molar-refractivity contribution in [2.24, 2.45) is 4.99 Å². The van der Waals surface area contributed by atoms with Crippen LogP contribution in [0.1, 0.15) is 19.4 Å². The number of hydrogen-bond donors (Lipinski definition) is 2. The van der Waals surface area contributed by atoms with Crippen molar-refractivity contribution in [1.29, 1.82) is 0 Å². The molecule has 0 radical (unpaired) electrons. The molecule has 6 heteroatoms. The minimum absolute atomic E-state index is 0. The van der Waals surface area contributed by atoms with Crippen LogP contribution in [-0.2, 0) is 6.54 Å². The minimum atomic E-state index is 0.